The number of nitrogens with zero attached hydrogens (tertiary/aromatic N) is 4. The Kier molecular flexibility index (Phi) is 8.32. The van der Waals surface area contributed by atoms with E-state index in [-0.39, 0.29) is 24.0 Å². The van der Waals surface area contributed by atoms with Crippen molar-refractivity contribution in [2.75, 3.05) is 19.6 Å². The highest BCUT2D eigenvalue weighted by Gasteiger charge is 2.31. The molecule has 2 rings (SSSR count). The van der Waals surface area contributed by atoms with Crippen LogP contribution in [-0.2, 0) is 13.6 Å². The number of aliphatic imine (C=N–C) groups is 1. The van der Waals surface area contributed by atoms with Gasteiger partial charge in [-0.05, 0) is 26.7 Å². The molecule has 0 spiro atoms. The van der Waals surface area contributed by atoms with E-state index in [0.717, 1.165) is 31.2 Å². The summed E-state index contributed by atoms with van der Waals surface area (Å²) in [6.07, 6.45) is 3.87. The Bertz CT molecular complexity index is 499. The fourth-order valence-corrected chi connectivity index (χ4v) is 2.83. The second kappa shape index (κ2) is 9.46. The van der Waals surface area contributed by atoms with Crippen molar-refractivity contribution >= 4 is 29.9 Å². The molecule has 6 nitrogen and oxygen atoms in total. The Labute approximate surface area is 157 Å². The highest BCUT2D eigenvalue weighted by atomic mass is 127. The second-order valence-electron chi connectivity index (χ2n) is 6.49. The Morgan fingerprint density at radius 2 is 2.17 bits per heavy atom. The van der Waals surface area contributed by atoms with Crippen molar-refractivity contribution in [2.24, 2.45) is 18.0 Å². The minimum absolute atomic E-state index is 0. The molecule has 0 aromatic carbocycles. The maximum absolute atomic E-state index is 4.69. The van der Waals surface area contributed by atoms with Gasteiger partial charge in [0.05, 0.1) is 12.7 Å². The summed E-state index contributed by atoms with van der Waals surface area (Å²) in [4.78, 5) is 7.21. The standard InChI is InChI=1S/C16H30N6.HI/c1-6-17-16(18-7-14-8-19-21(5)10-14)20-15-11-22(12(2)3)9-13(15)4;/h8,10,12-13,15H,6-7,9,11H2,1-5H3,(H2,17,18,20);1H. The zero-order valence-corrected chi connectivity index (χ0v) is 17.2. The number of rotatable bonds is 5. The van der Waals surface area contributed by atoms with Gasteiger partial charge in [-0.15, -0.1) is 24.0 Å². The number of hydrogen-bond donors (Lipinski definition) is 2. The van der Waals surface area contributed by atoms with Crippen LogP contribution < -0.4 is 10.6 Å². The van der Waals surface area contributed by atoms with Gasteiger partial charge in [0, 0.05) is 50.5 Å². The van der Waals surface area contributed by atoms with Crippen LogP contribution in [0.15, 0.2) is 17.4 Å². The topological polar surface area (TPSA) is 57.5 Å². The summed E-state index contributed by atoms with van der Waals surface area (Å²) in [6.45, 7) is 12.7. The van der Waals surface area contributed by atoms with Gasteiger partial charge in [-0.2, -0.15) is 5.10 Å². The lowest BCUT2D eigenvalue weighted by Crippen LogP contribution is -2.46. The van der Waals surface area contributed by atoms with E-state index < -0.39 is 0 Å². The summed E-state index contributed by atoms with van der Waals surface area (Å²) in [6, 6.07) is 1.05. The zero-order valence-electron chi connectivity index (χ0n) is 14.9. The first-order chi connectivity index (χ1) is 10.5. The van der Waals surface area contributed by atoms with Crippen molar-refractivity contribution < 1.29 is 0 Å². The molecule has 2 unspecified atom stereocenters. The number of nitrogens with one attached hydrogen (secondary N) is 2. The predicted molar refractivity (Wildman–Crippen MR) is 106 cm³/mol. The first kappa shape index (κ1) is 20.2. The van der Waals surface area contributed by atoms with Crippen LogP contribution in [0.5, 0.6) is 0 Å². The summed E-state index contributed by atoms with van der Waals surface area (Å²) in [5.74, 6) is 1.53. The maximum atomic E-state index is 4.69. The molecular weight excluding hydrogens is 403 g/mol. The molecule has 1 aromatic heterocycles. The Hall–Kier alpha value is -0.830. The molecule has 2 heterocycles. The Morgan fingerprint density at radius 1 is 1.43 bits per heavy atom. The number of halogens is 1. The van der Waals surface area contributed by atoms with Crippen LogP contribution >= 0.6 is 24.0 Å². The van der Waals surface area contributed by atoms with E-state index in [1.807, 2.05) is 24.1 Å². The summed E-state index contributed by atoms with van der Waals surface area (Å²) >= 11 is 0. The van der Waals surface area contributed by atoms with Gasteiger partial charge in [-0.3, -0.25) is 9.58 Å². The molecule has 0 bridgehead atoms. The Balaban J connectivity index is 0.00000264. The van der Waals surface area contributed by atoms with Gasteiger partial charge in [-0.25, -0.2) is 4.99 Å². The molecule has 0 radical (unpaired) electrons. The lowest BCUT2D eigenvalue weighted by molar-refractivity contribution is 0.265. The van der Waals surface area contributed by atoms with E-state index in [0.29, 0.717) is 24.5 Å². The fourth-order valence-electron chi connectivity index (χ4n) is 2.83. The van der Waals surface area contributed by atoms with Gasteiger partial charge >= 0.3 is 0 Å². The SMILES string of the molecule is CCNC(=NCc1cnn(C)c1)NC1CN(C(C)C)CC1C.I. The van der Waals surface area contributed by atoms with Gasteiger partial charge in [0.25, 0.3) is 0 Å². The zero-order chi connectivity index (χ0) is 16.1. The van der Waals surface area contributed by atoms with Gasteiger partial charge in [0.15, 0.2) is 5.96 Å². The normalized spacial score (nSPS) is 22.3. The van der Waals surface area contributed by atoms with Crippen LogP contribution in [0.1, 0.15) is 33.3 Å². The van der Waals surface area contributed by atoms with Gasteiger partial charge in [-0.1, -0.05) is 6.92 Å². The minimum Gasteiger partial charge on any atom is -0.357 e. The number of hydrogen-bond acceptors (Lipinski definition) is 3. The molecule has 1 aliphatic rings. The maximum Gasteiger partial charge on any atom is 0.191 e. The van der Waals surface area contributed by atoms with Crippen LogP contribution in [0.2, 0.25) is 0 Å². The van der Waals surface area contributed by atoms with E-state index in [4.69, 9.17) is 0 Å². The molecule has 23 heavy (non-hydrogen) atoms. The molecule has 0 amide bonds. The van der Waals surface area contributed by atoms with Crippen molar-refractivity contribution in [3.8, 4) is 0 Å². The number of aromatic nitrogens is 2. The molecule has 0 aliphatic carbocycles. The molecule has 1 saturated heterocycles. The lowest BCUT2D eigenvalue weighted by Gasteiger charge is -2.21. The predicted octanol–water partition coefficient (Wildman–Crippen LogP) is 1.82. The van der Waals surface area contributed by atoms with Crippen LogP contribution in [0.25, 0.3) is 0 Å². The van der Waals surface area contributed by atoms with E-state index in [1.54, 1.807) is 0 Å². The molecular formula is C16H31IN6. The summed E-state index contributed by atoms with van der Waals surface area (Å²) in [5, 5.41) is 11.1. The Morgan fingerprint density at radius 3 is 2.70 bits per heavy atom. The number of guanidine groups is 1. The van der Waals surface area contributed by atoms with Crippen molar-refractivity contribution in [2.45, 2.75) is 46.3 Å². The summed E-state index contributed by atoms with van der Waals surface area (Å²) in [7, 11) is 1.93. The van der Waals surface area contributed by atoms with Gasteiger partial charge in [0.1, 0.15) is 0 Å². The number of aryl methyl sites for hydroxylation is 1. The third kappa shape index (κ3) is 5.95. The quantitative estimate of drug-likeness (QED) is 0.422. The highest BCUT2D eigenvalue weighted by Crippen LogP contribution is 2.18. The van der Waals surface area contributed by atoms with Gasteiger partial charge < -0.3 is 10.6 Å². The van der Waals surface area contributed by atoms with E-state index >= 15 is 0 Å². The molecule has 2 atom stereocenters. The molecule has 2 N–H and O–H groups in total. The number of likely N-dealkylation sites (tertiary alicyclic amines) is 1. The fraction of sp³-hybridized carbons (Fsp3) is 0.750. The van der Waals surface area contributed by atoms with Crippen molar-refractivity contribution in [3.63, 3.8) is 0 Å². The average molecular weight is 434 g/mol. The average Bonchev–Trinajstić information content (AvgIpc) is 3.03. The first-order valence-corrected chi connectivity index (χ1v) is 8.26. The summed E-state index contributed by atoms with van der Waals surface area (Å²) in [5.41, 5.74) is 1.13. The van der Waals surface area contributed by atoms with Gasteiger partial charge in [0.2, 0.25) is 0 Å². The minimum atomic E-state index is 0. The highest BCUT2D eigenvalue weighted by molar-refractivity contribution is 14.0. The first-order valence-electron chi connectivity index (χ1n) is 8.26. The smallest absolute Gasteiger partial charge is 0.191 e. The monoisotopic (exact) mass is 434 g/mol. The summed E-state index contributed by atoms with van der Waals surface area (Å²) < 4.78 is 1.81. The lowest BCUT2D eigenvalue weighted by atomic mass is 10.1. The molecule has 1 aliphatic heterocycles. The molecule has 1 fully saturated rings. The van der Waals surface area contributed by atoms with Crippen molar-refractivity contribution in [1.29, 1.82) is 0 Å². The molecule has 0 saturated carbocycles. The third-order valence-electron chi connectivity index (χ3n) is 4.22. The van der Waals surface area contributed by atoms with E-state index in [2.05, 4.69) is 53.3 Å². The van der Waals surface area contributed by atoms with Crippen LogP contribution in [0.4, 0.5) is 0 Å². The van der Waals surface area contributed by atoms with E-state index in [1.165, 1.54) is 0 Å². The molecule has 1 aromatic rings. The van der Waals surface area contributed by atoms with Crippen LogP contribution in [0, 0.1) is 5.92 Å². The second-order valence-corrected chi connectivity index (χ2v) is 6.49. The van der Waals surface area contributed by atoms with Crippen molar-refractivity contribution in [3.05, 3.63) is 18.0 Å². The molecule has 7 heteroatoms. The van der Waals surface area contributed by atoms with Crippen molar-refractivity contribution in [1.82, 2.24) is 25.3 Å². The van der Waals surface area contributed by atoms with E-state index in [9.17, 15) is 0 Å². The molecule has 132 valence electrons. The third-order valence-corrected chi connectivity index (χ3v) is 4.22. The van der Waals surface area contributed by atoms with Crippen LogP contribution in [0.3, 0.4) is 0 Å². The van der Waals surface area contributed by atoms with Crippen LogP contribution in [-0.4, -0.2) is 52.4 Å². The largest absolute Gasteiger partial charge is 0.357 e.